The van der Waals surface area contributed by atoms with Gasteiger partial charge in [0.2, 0.25) is 0 Å². The van der Waals surface area contributed by atoms with Gasteiger partial charge >= 0.3 is 0 Å². The summed E-state index contributed by atoms with van der Waals surface area (Å²) in [6, 6.07) is 46.9. The molecule has 6 aromatic rings. The number of hydrogen-bond acceptors (Lipinski definition) is 1. The van der Waals surface area contributed by atoms with E-state index in [1.54, 1.807) is 0 Å². The van der Waals surface area contributed by atoms with Crippen LogP contribution < -0.4 is 4.90 Å². The largest absolute Gasteiger partial charge is 0.307 e. The molecule has 0 N–H and O–H groups in total. The number of benzene rings is 6. The summed E-state index contributed by atoms with van der Waals surface area (Å²) in [6.45, 7) is 3.98. The van der Waals surface area contributed by atoms with Crippen LogP contribution in [0.1, 0.15) is 11.1 Å². The van der Waals surface area contributed by atoms with Crippen molar-refractivity contribution in [2.24, 2.45) is 0 Å². The van der Waals surface area contributed by atoms with Gasteiger partial charge in [-0.2, -0.15) is 0 Å². The zero-order valence-electron chi connectivity index (χ0n) is 22.3. The maximum atomic E-state index is 4.04. The van der Waals surface area contributed by atoms with E-state index in [9.17, 15) is 0 Å². The summed E-state index contributed by atoms with van der Waals surface area (Å²) in [5.74, 6) is 0. The van der Waals surface area contributed by atoms with E-state index in [1.165, 1.54) is 10.8 Å². The Hall–Kier alpha value is -4.18. The van der Waals surface area contributed by atoms with E-state index >= 15 is 0 Å². The second-order valence-electron chi connectivity index (χ2n) is 9.66. The first-order chi connectivity index (χ1) is 20.2. The standard InChI is InChI=1S/C38H27Br2N/c1-2-3-20-33(27-14-6-4-7-15-27)38(30-18-8-5-9-19-30)41(34-25-23-28-16-10-12-21-31(28)36(34)39)35-26-24-29-17-11-13-22-32(29)37(35)40/h2-26H,1H2/b20-3-,38-33?. The summed E-state index contributed by atoms with van der Waals surface area (Å²) in [5.41, 5.74) is 6.43. The van der Waals surface area contributed by atoms with Crippen LogP contribution in [0, 0.1) is 0 Å². The number of rotatable bonds is 7. The Kier molecular flexibility index (Phi) is 8.00. The first-order valence-corrected chi connectivity index (χ1v) is 15.0. The molecule has 0 saturated carbocycles. The number of anilines is 2. The number of allylic oxidation sites excluding steroid dienone is 4. The molecule has 0 saturated heterocycles. The van der Waals surface area contributed by atoms with E-state index in [1.807, 2.05) is 12.2 Å². The zero-order valence-corrected chi connectivity index (χ0v) is 25.5. The van der Waals surface area contributed by atoms with Crippen molar-refractivity contribution in [1.29, 1.82) is 0 Å². The van der Waals surface area contributed by atoms with Crippen LogP contribution in [-0.4, -0.2) is 0 Å². The third-order valence-corrected chi connectivity index (χ3v) is 8.84. The molecule has 0 amide bonds. The first-order valence-electron chi connectivity index (χ1n) is 13.5. The minimum Gasteiger partial charge on any atom is -0.307 e. The van der Waals surface area contributed by atoms with Crippen LogP contribution in [0.4, 0.5) is 11.4 Å². The number of halogens is 2. The van der Waals surface area contributed by atoms with E-state index in [2.05, 4.69) is 183 Å². The first kappa shape index (κ1) is 27.0. The van der Waals surface area contributed by atoms with E-state index in [0.717, 1.165) is 53.5 Å². The van der Waals surface area contributed by atoms with Gasteiger partial charge in [0.05, 0.1) is 17.1 Å². The predicted octanol–water partition coefficient (Wildman–Crippen LogP) is 12.0. The molecule has 3 heteroatoms. The summed E-state index contributed by atoms with van der Waals surface area (Å²) < 4.78 is 2.06. The predicted molar refractivity (Wildman–Crippen MR) is 184 cm³/mol. The van der Waals surface area contributed by atoms with Crippen molar-refractivity contribution in [2.45, 2.75) is 0 Å². The van der Waals surface area contributed by atoms with Gasteiger partial charge in [-0.3, -0.25) is 0 Å². The van der Waals surface area contributed by atoms with Crippen LogP contribution in [0.2, 0.25) is 0 Å². The Labute approximate surface area is 258 Å². The van der Waals surface area contributed by atoms with Crippen molar-refractivity contribution in [1.82, 2.24) is 0 Å². The van der Waals surface area contributed by atoms with Gasteiger partial charge in [-0.25, -0.2) is 0 Å². The second-order valence-corrected chi connectivity index (χ2v) is 11.3. The van der Waals surface area contributed by atoms with Crippen LogP contribution in [-0.2, 0) is 0 Å². The van der Waals surface area contributed by atoms with Crippen LogP contribution in [0.25, 0.3) is 32.8 Å². The van der Waals surface area contributed by atoms with E-state index in [-0.39, 0.29) is 0 Å². The van der Waals surface area contributed by atoms with Gasteiger partial charge in [0, 0.05) is 14.5 Å². The topological polar surface area (TPSA) is 3.24 Å². The van der Waals surface area contributed by atoms with Gasteiger partial charge in [-0.05, 0) is 76.7 Å². The molecular formula is C38H27Br2N. The van der Waals surface area contributed by atoms with Crippen LogP contribution in [0.5, 0.6) is 0 Å². The molecule has 0 aromatic heterocycles. The van der Waals surface area contributed by atoms with Gasteiger partial charge in [0.25, 0.3) is 0 Å². The van der Waals surface area contributed by atoms with E-state index in [0.29, 0.717) is 0 Å². The molecule has 6 aromatic carbocycles. The molecule has 0 radical (unpaired) electrons. The lowest BCUT2D eigenvalue weighted by Crippen LogP contribution is -2.18. The van der Waals surface area contributed by atoms with Crippen molar-refractivity contribution in [3.8, 4) is 0 Å². The number of hydrogen-bond donors (Lipinski definition) is 0. The molecule has 0 aliphatic heterocycles. The molecule has 198 valence electrons. The number of nitrogens with zero attached hydrogens (tertiary/aromatic N) is 1. The lowest BCUT2D eigenvalue weighted by molar-refractivity contribution is 1.28. The van der Waals surface area contributed by atoms with Crippen LogP contribution in [0.3, 0.4) is 0 Å². The molecule has 0 spiro atoms. The highest BCUT2D eigenvalue weighted by Crippen LogP contribution is 2.48. The van der Waals surface area contributed by atoms with Crippen molar-refractivity contribution in [2.75, 3.05) is 4.90 Å². The normalized spacial score (nSPS) is 12.0. The van der Waals surface area contributed by atoms with Gasteiger partial charge in [-0.15, -0.1) is 0 Å². The third-order valence-electron chi connectivity index (χ3n) is 7.18. The molecule has 0 aliphatic rings. The quantitative estimate of drug-likeness (QED) is 0.122. The minimum atomic E-state index is 1.03. The van der Waals surface area contributed by atoms with Gasteiger partial charge in [0.15, 0.2) is 0 Å². The van der Waals surface area contributed by atoms with E-state index < -0.39 is 0 Å². The average molecular weight is 657 g/mol. The number of fused-ring (bicyclic) bond motifs is 2. The maximum absolute atomic E-state index is 4.04. The fraction of sp³-hybridized carbons (Fsp3) is 0. The van der Waals surface area contributed by atoms with Gasteiger partial charge in [-0.1, -0.05) is 146 Å². The monoisotopic (exact) mass is 655 g/mol. The maximum Gasteiger partial charge on any atom is 0.0613 e. The Balaban J connectivity index is 1.78. The Morgan fingerprint density at radius 3 is 1.51 bits per heavy atom. The second kappa shape index (κ2) is 12.1. The molecule has 0 unspecified atom stereocenters. The highest BCUT2D eigenvalue weighted by atomic mass is 79.9. The van der Waals surface area contributed by atoms with Crippen molar-refractivity contribution in [3.05, 3.63) is 178 Å². The molecule has 0 atom stereocenters. The molecule has 41 heavy (non-hydrogen) atoms. The lowest BCUT2D eigenvalue weighted by Gasteiger charge is -2.32. The smallest absolute Gasteiger partial charge is 0.0613 e. The molecule has 1 nitrogen and oxygen atoms in total. The highest BCUT2D eigenvalue weighted by Gasteiger charge is 2.25. The Morgan fingerprint density at radius 2 is 1.00 bits per heavy atom. The van der Waals surface area contributed by atoms with E-state index in [4.69, 9.17) is 0 Å². The summed E-state index contributed by atoms with van der Waals surface area (Å²) in [6.07, 6.45) is 5.99. The molecular weight excluding hydrogens is 630 g/mol. The summed E-state index contributed by atoms with van der Waals surface area (Å²) in [4.78, 5) is 2.37. The summed E-state index contributed by atoms with van der Waals surface area (Å²) >= 11 is 8.08. The zero-order chi connectivity index (χ0) is 28.2. The van der Waals surface area contributed by atoms with Crippen LogP contribution in [0.15, 0.2) is 167 Å². The van der Waals surface area contributed by atoms with Crippen molar-refractivity contribution in [3.63, 3.8) is 0 Å². The van der Waals surface area contributed by atoms with Crippen molar-refractivity contribution >= 4 is 76.0 Å². The Morgan fingerprint density at radius 1 is 0.537 bits per heavy atom. The fourth-order valence-electron chi connectivity index (χ4n) is 5.26. The molecule has 0 fully saturated rings. The lowest BCUT2D eigenvalue weighted by atomic mass is 9.96. The molecule has 0 heterocycles. The van der Waals surface area contributed by atoms with Crippen LogP contribution >= 0.6 is 31.9 Å². The van der Waals surface area contributed by atoms with Crippen molar-refractivity contribution < 1.29 is 0 Å². The van der Waals surface area contributed by atoms with Gasteiger partial charge in [0.1, 0.15) is 0 Å². The SMILES string of the molecule is C=C/C=C\C(=C(c1ccccc1)N(c1ccc2ccccc2c1Br)c1ccc2ccccc2c1Br)c1ccccc1. The fourth-order valence-corrected chi connectivity index (χ4v) is 6.60. The highest BCUT2D eigenvalue weighted by molar-refractivity contribution is 9.11. The Bertz CT molecular complexity index is 1840. The molecule has 6 rings (SSSR count). The molecule has 0 bridgehead atoms. The minimum absolute atomic E-state index is 1.03. The summed E-state index contributed by atoms with van der Waals surface area (Å²) in [5, 5.41) is 4.67. The van der Waals surface area contributed by atoms with Gasteiger partial charge < -0.3 is 4.90 Å². The summed E-state index contributed by atoms with van der Waals surface area (Å²) in [7, 11) is 0. The average Bonchev–Trinajstić information content (AvgIpc) is 3.03. The molecule has 0 aliphatic carbocycles. The third kappa shape index (κ3) is 5.31.